The van der Waals surface area contributed by atoms with E-state index in [2.05, 4.69) is 15.6 Å². The maximum Gasteiger partial charge on any atom is 0.313 e. The highest BCUT2D eigenvalue weighted by molar-refractivity contribution is 6.39. The van der Waals surface area contributed by atoms with Crippen molar-refractivity contribution in [2.45, 2.75) is 6.42 Å². The third-order valence-corrected chi connectivity index (χ3v) is 4.13. The number of amides is 2. The van der Waals surface area contributed by atoms with E-state index in [1.165, 1.54) is 0 Å². The molecule has 0 aliphatic heterocycles. The Morgan fingerprint density at radius 1 is 0.962 bits per heavy atom. The molecule has 0 saturated carbocycles. The van der Waals surface area contributed by atoms with Gasteiger partial charge in [0, 0.05) is 33.9 Å². The molecule has 0 atom stereocenters. The standard InChI is InChI=1S/C19H15Cl2N3O2/c20-14-8-12(9-15(21)11-14)5-7-23-18(25)19(26)24-16-3-4-17-13(10-16)2-1-6-22-17/h1-4,6,8-11H,5,7H2,(H,23,25)(H,24,26). The van der Waals surface area contributed by atoms with Crippen molar-refractivity contribution in [3.8, 4) is 0 Å². The molecule has 0 aliphatic carbocycles. The minimum atomic E-state index is -0.725. The predicted molar refractivity (Wildman–Crippen MR) is 104 cm³/mol. The molecule has 2 aromatic carbocycles. The number of benzene rings is 2. The monoisotopic (exact) mass is 387 g/mol. The molecule has 0 spiro atoms. The number of carbonyl (C=O) groups is 2. The lowest BCUT2D eigenvalue weighted by molar-refractivity contribution is -0.136. The Balaban J connectivity index is 1.54. The van der Waals surface area contributed by atoms with E-state index in [9.17, 15) is 9.59 Å². The Morgan fingerprint density at radius 2 is 1.73 bits per heavy atom. The van der Waals surface area contributed by atoms with Gasteiger partial charge in [-0.3, -0.25) is 14.6 Å². The van der Waals surface area contributed by atoms with Crippen molar-refractivity contribution in [2.24, 2.45) is 0 Å². The third-order valence-electron chi connectivity index (χ3n) is 3.69. The fourth-order valence-corrected chi connectivity index (χ4v) is 3.07. The minimum absolute atomic E-state index is 0.296. The summed E-state index contributed by atoms with van der Waals surface area (Å²) in [5.74, 6) is -1.43. The normalized spacial score (nSPS) is 10.5. The number of pyridine rings is 1. The molecule has 7 heteroatoms. The quantitative estimate of drug-likeness (QED) is 0.668. The molecule has 2 amide bonds. The minimum Gasteiger partial charge on any atom is -0.347 e. The van der Waals surface area contributed by atoms with Crippen LogP contribution in [0.1, 0.15) is 5.56 Å². The highest BCUT2D eigenvalue weighted by atomic mass is 35.5. The highest BCUT2D eigenvalue weighted by Gasteiger charge is 2.13. The number of rotatable bonds is 4. The van der Waals surface area contributed by atoms with Gasteiger partial charge in [-0.2, -0.15) is 0 Å². The van der Waals surface area contributed by atoms with Crippen molar-refractivity contribution in [2.75, 3.05) is 11.9 Å². The fraction of sp³-hybridized carbons (Fsp3) is 0.105. The van der Waals surface area contributed by atoms with Crippen LogP contribution < -0.4 is 10.6 Å². The van der Waals surface area contributed by atoms with Crippen LogP contribution in [-0.2, 0) is 16.0 Å². The van der Waals surface area contributed by atoms with Crippen molar-refractivity contribution in [1.29, 1.82) is 0 Å². The van der Waals surface area contributed by atoms with Gasteiger partial charge in [0.2, 0.25) is 0 Å². The highest BCUT2D eigenvalue weighted by Crippen LogP contribution is 2.19. The van der Waals surface area contributed by atoms with Gasteiger partial charge < -0.3 is 10.6 Å². The molecule has 2 N–H and O–H groups in total. The summed E-state index contributed by atoms with van der Waals surface area (Å²) in [7, 11) is 0. The van der Waals surface area contributed by atoms with Gasteiger partial charge in [0.1, 0.15) is 0 Å². The summed E-state index contributed by atoms with van der Waals surface area (Å²) >= 11 is 11.9. The van der Waals surface area contributed by atoms with Gasteiger partial charge in [-0.25, -0.2) is 0 Å². The number of carbonyl (C=O) groups excluding carboxylic acids is 2. The van der Waals surface area contributed by atoms with Crippen molar-refractivity contribution >= 4 is 51.6 Å². The first-order chi connectivity index (χ1) is 12.5. The van der Waals surface area contributed by atoms with Crippen molar-refractivity contribution in [3.05, 3.63) is 70.3 Å². The lowest BCUT2D eigenvalue weighted by Crippen LogP contribution is -2.36. The number of halogens is 2. The van der Waals surface area contributed by atoms with Crippen molar-refractivity contribution < 1.29 is 9.59 Å². The van der Waals surface area contributed by atoms with Gasteiger partial charge >= 0.3 is 11.8 Å². The molecular formula is C19H15Cl2N3O2. The molecule has 1 heterocycles. The van der Waals surface area contributed by atoms with Gasteiger partial charge in [-0.05, 0) is 54.4 Å². The Morgan fingerprint density at radius 3 is 2.50 bits per heavy atom. The topological polar surface area (TPSA) is 71.1 Å². The lowest BCUT2D eigenvalue weighted by atomic mass is 10.1. The molecule has 1 aromatic heterocycles. The van der Waals surface area contributed by atoms with Crippen LogP contribution in [0, 0.1) is 0 Å². The molecule has 3 aromatic rings. The summed E-state index contributed by atoms with van der Waals surface area (Å²) in [5.41, 5.74) is 2.23. The summed E-state index contributed by atoms with van der Waals surface area (Å²) in [4.78, 5) is 28.2. The number of aromatic nitrogens is 1. The van der Waals surface area contributed by atoms with E-state index in [0.29, 0.717) is 28.7 Å². The Labute approximate surface area is 160 Å². The number of hydrogen-bond acceptors (Lipinski definition) is 3. The van der Waals surface area contributed by atoms with E-state index >= 15 is 0 Å². The van der Waals surface area contributed by atoms with Crippen molar-refractivity contribution in [1.82, 2.24) is 10.3 Å². The summed E-state index contributed by atoms with van der Waals surface area (Å²) < 4.78 is 0. The summed E-state index contributed by atoms with van der Waals surface area (Å²) in [6, 6.07) is 14.1. The first kappa shape index (κ1) is 18.2. The first-order valence-corrected chi connectivity index (χ1v) is 8.66. The van der Waals surface area contributed by atoms with Gasteiger partial charge in [0.05, 0.1) is 5.52 Å². The second-order valence-electron chi connectivity index (χ2n) is 5.65. The molecule has 0 radical (unpaired) electrons. The van der Waals surface area contributed by atoms with Crippen LogP contribution >= 0.6 is 23.2 Å². The smallest absolute Gasteiger partial charge is 0.313 e. The maximum absolute atomic E-state index is 12.0. The molecule has 3 rings (SSSR count). The second-order valence-corrected chi connectivity index (χ2v) is 6.52. The predicted octanol–water partition coefficient (Wildman–Crippen LogP) is 3.84. The molecule has 0 fully saturated rings. The third kappa shape index (κ3) is 4.71. The van der Waals surface area contributed by atoms with E-state index < -0.39 is 11.8 Å². The number of nitrogens with zero attached hydrogens (tertiary/aromatic N) is 1. The van der Waals surface area contributed by atoms with E-state index in [4.69, 9.17) is 23.2 Å². The SMILES string of the molecule is O=C(NCCc1cc(Cl)cc(Cl)c1)C(=O)Nc1ccc2ncccc2c1. The lowest BCUT2D eigenvalue weighted by Gasteiger charge is -2.08. The second kappa shape index (κ2) is 8.17. The van der Waals surface area contributed by atoms with E-state index in [1.807, 2.05) is 12.1 Å². The fourth-order valence-electron chi connectivity index (χ4n) is 2.50. The Kier molecular flexibility index (Phi) is 5.71. The van der Waals surface area contributed by atoms with Gasteiger partial charge in [-0.1, -0.05) is 29.3 Å². The van der Waals surface area contributed by atoms with Gasteiger partial charge in [-0.15, -0.1) is 0 Å². The van der Waals surface area contributed by atoms with Crippen LogP contribution in [0.4, 0.5) is 5.69 Å². The van der Waals surface area contributed by atoms with Gasteiger partial charge in [0.25, 0.3) is 0 Å². The zero-order valence-corrected chi connectivity index (χ0v) is 15.1. The molecule has 0 aliphatic rings. The number of fused-ring (bicyclic) bond motifs is 1. The molecule has 132 valence electrons. The van der Waals surface area contributed by atoms with Crippen LogP contribution in [0.2, 0.25) is 10.0 Å². The molecule has 0 saturated heterocycles. The van der Waals surface area contributed by atoms with E-state index in [1.54, 1.807) is 42.6 Å². The largest absolute Gasteiger partial charge is 0.347 e. The molecule has 26 heavy (non-hydrogen) atoms. The summed E-state index contributed by atoms with van der Waals surface area (Å²) in [6.07, 6.45) is 2.21. The maximum atomic E-state index is 12.0. The number of nitrogens with one attached hydrogen (secondary N) is 2. The average molecular weight is 388 g/mol. The number of anilines is 1. The van der Waals surface area contributed by atoms with Gasteiger partial charge in [0.15, 0.2) is 0 Å². The average Bonchev–Trinajstić information content (AvgIpc) is 2.60. The molecule has 5 nitrogen and oxygen atoms in total. The number of hydrogen-bond donors (Lipinski definition) is 2. The zero-order valence-electron chi connectivity index (χ0n) is 13.6. The van der Waals surface area contributed by atoms with Crippen LogP contribution in [0.15, 0.2) is 54.7 Å². The first-order valence-electron chi connectivity index (χ1n) is 7.90. The van der Waals surface area contributed by atoms with Crippen LogP contribution in [0.25, 0.3) is 10.9 Å². The molecule has 0 unspecified atom stereocenters. The van der Waals surface area contributed by atoms with Crippen LogP contribution in [0.5, 0.6) is 0 Å². The zero-order chi connectivity index (χ0) is 18.5. The van der Waals surface area contributed by atoms with Crippen LogP contribution in [-0.4, -0.2) is 23.3 Å². The molecular weight excluding hydrogens is 373 g/mol. The Bertz CT molecular complexity index is 956. The molecule has 0 bridgehead atoms. The van der Waals surface area contributed by atoms with Crippen molar-refractivity contribution in [3.63, 3.8) is 0 Å². The summed E-state index contributed by atoms with van der Waals surface area (Å²) in [5, 5.41) is 7.10. The van der Waals surface area contributed by atoms with Crippen LogP contribution in [0.3, 0.4) is 0 Å². The van der Waals surface area contributed by atoms with E-state index in [-0.39, 0.29) is 0 Å². The van der Waals surface area contributed by atoms with E-state index in [0.717, 1.165) is 16.5 Å². The Hall–Kier alpha value is -2.63. The summed E-state index contributed by atoms with van der Waals surface area (Å²) in [6.45, 7) is 0.296.